The Labute approximate surface area is 143 Å². The van der Waals surface area contributed by atoms with Gasteiger partial charge in [0.2, 0.25) is 10.0 Å². The maximum atomic E-state index is 12.0. The molecule has 0 unspecified atom stereocenters. The third-order valence-corrected chi connectivity index (χ3v) is 4.99. The van der Waals surface area contributed by atoms with Crippen LogP contribution in [0.3, 0.4) is 0 Å². The summed E-state index contributed by atoms with van der Waals surface area (Å²) in [5, 5.41) is 13.7. The van der Waals surface area contributed by atoms with Gasteiger partial charge in [0.1, 0.15) is 0 Å². The molecule has 9 heteroatoms. The molecule has 0 heterocycles. The van der Waals surface area contributed by atoms with Crippen LogP contribution in [0.5, 0.6) is 0 Å². The van der Waals surface area contributed by atoms with Crippen molar-refractivity contribution < 1.29 is 13.3 Å². The number of non-ortho nitro benzene ring substituents is 1. The lowest BCUT2D eigenvalue weighted by Crippen LogP contribution is -2.32. The minimum absolute atomic E-state index is 0.0213. The van der Waals surface area contributed by atoms with Gasteiger partial charge in [0.25, 0.3) is 5.69 Å². The van der Waals surface area contributed by atoms with Crippen LogP contribution in [-0.2, 0) is 10.0 Å². The molecule has 0 saturated carbocycles. The molecule has 0 atom stereocenters. The van der Waals surface area contributed by atoms with E-state index in [9.17, 15) is 18.5 Å². The summed E-state index contributed by atoms with van der Waals surface area (Å²) in [5.74, 6) is 0. The number of hydrogen-bond donors (Lipinski definition) is 3. The molecule has 1 aromatic rings. The van der Waals surface area contributed by atoms with Crippen LogP contribution in [-0.4, -0.2) is 39.5 Å². The molecule has 0 spiro atoms. The smallest absolute Gasteiger partial charge is 0.269 e. The van der Waals surface area contributed by atoms with Crippen molar-refractivity contribution in [3.05, 3.63) is 34.4 Å². The predicted octanol–water partition coefficient (Wildman–Crippen LogP) is 1.37. The molecule has 0 aromatic heterocycles. The van der Waals surface area contributed by atoms with Gasteiger partial charge in [0.05, 0.1) is 9.82 Å². The molecule has 1 aromatic carbocycles. The lowest BCUT2D eigenvalue weighted by atomic mass is 10.1. The normalized spacial score (nSPS) is 11.5. The van der Waals surface area contributed by atoms with E-state index in [1.54, 1.807) is 0 Å². The highest BCUT2D eigenvalue weighted by Gasteiger charge is 2.14. The van der Waals surface area contributed by atoms with Crippen LogP contribution in [0.1, 0.15) is 32.1 Å². The number of nitro benzene ring substituents is 1. The average Bonchev–Trinajstić information content (AvgIpc) is 2.56. The molecule has 0 amide bonds. The Morgan fingerprint density at radius 3 is 2.21 bits per heavy atom. The monoisotopic (exact) mass is 358 g/mol. The number of hydrogen-bond acceptors (Lipinski definition) is 6. The number of rotatable bonds is 13. The fourth-order valence-electron chi connectivity index (χ4n) is 2.15. The Hall–Kier alpha value is -1.55. The van der Waals surface area contributed by atoms with E-state index in [1.807, 2.05) is 0 Å². The van der Waals surface area contributed by atoms with E-state index >= 15 is 0 Å². The second kappa shape index (κ2) is 11.1. The van der Waals surface area contributed by atoms with Crippen molar-refractivity contribution in [3.63, 3.8) is 0 Å². The van der Waals surface area contributed by atoms with Crippen LogP contribution in [0, 0.1) is 10.1 Å². The van der Waals surface area contributed by atoms with E-state index in [0.29, 0.717) is 6.54 Å². The van der Waals surface area contributed by atoms with Gasteiger partial charge >= 0.3 is 0 Å². The van der Waals surface area contributed by atoms with Crippen molar-refractivity contribution in [1.29, 1.82) is 0 Å². The van der Waals surface area contributed by atoms with E-state index in [-0.39, 0.29) is 17.1 Å². The molecule has 1 rings (SSSR count). The Bertz CT molecular complexity index is 590. The van der Waals surface area contributed by atoms with Crippen molar-refractivity contribution in [2.24, 2.45) is 5.73 Å². The van der Waals surface area contributed by atoms with Gasteiger partial charge in [-0.05, 0) is 38.1 Å². The van der Waals surface area contributed by atoms with Gasteiger partial charge < -0.3 is 11.1 Å². The number of benzene rings is 1. The van der Waals surface area contributed by atoms with Crippen molar-refractivity contribution in [1.82, 2.24) is 10.0 Å². The van der Waals surface area contributed by atoms with Crippen LogP contribution in [0.25, 0.3) is 0 Å². The van der Waals surface area contributed by atoms with E-state index in [1.165, 1.54) is 30.7 Å². The topological polar surface area (TPSA) is 127 Å². The summed E-state index contributed by atoms with van der Waals surface area (Å²) < 4.78 is 26.5. The van der Waals surface area contributed by atoms with Crippen molar-refractivity contribution in [2.45, 2.75) is 37.0 Å². The molecule has 8 nitrogen and oxygen atoms in total. The van der Waals surface area contributed by atoms with E-state index in [2.05, 4.69) is 10.0 Å². The summed E-state index contributed by atoms with van der Waals surface area (Å²) >= 11 is 0. The third kappa shape index (κ3) is 7.82. The molecular weight excluding hydrogens is 332 g/mol. The molecule has 0 bridgehead atoms. The number of nitro groups is 1. The molecule has 0 fully saturated rings. The van der Waals surface area contributed by atoms with Crippen molar-refractivity contribution >= 4 is 15.7 Å². The zero-order valence-corrected chi connectivity index (χ0v) is 14.6. The molecule has 136 valence electrons. The van der Waals surface area contributed by atoms with Gasteiger partial charge in [0.15, 0.2) is 0 Å². The highest BCUT2D eigenvalue weighted by Crippen LogP contribution is 2.15. The van der Waals surface area contributed by atoms with Gasteiger partial charge in [-0.3, -0.25) is 10.1 Å². The lowest BCUT2D eigenvalue weighted by Gasteiger charge is -2.08. The van der Waals surface area contributed by atoms with E-state index in [4.69, 9.17) is 5.73 Å². The molecule has 0 aliphatic heterocycles. The average molecular weight is 358 g/mol. The number of nitrogens with two attached hydrogens (primary N) is 1. The summed E-state index contributed by atoms with van der Waals surface area (Å²) in [6.07, 6.45) is 5.59. The van der Waals surface area contributed by atoms with Gasteiger partial charge in [-0.2, -0.15) is 0 Å². The fraction of sp³-hybridized carbons (Fsp3) is 0.600. The summed E-state index contributed by atoms with van der Waals surface area (Å²) in [7, 11) is -3.63. The van der Waals surface area contributed by atoms with Crippen LogP contribution >= 0.6 is 0 Å². The molecule has 4 N–H and O–H groups in total. The van der Waals surface area contributed by atoms with Crippen LogP contribution in [0.15, 0.2) is 29.2 Å². The molecule has 24 heavy (non-hydrogen) atoms. The number of unbranched alkanes of at least 4 members (excludes halogenated alkanes) is 4. The third-order valence-electron chi connectivity index (χ3n) is 3.51. The highest BCUT2D eigenvalue weighted by molar-refractivity contribution is 7.89. The number of nitrogens with one attached hydrogen (secondary N) is 2. The number of sulfonamides is 1. The van der Waals surface area contributed by atoms with Crippen LogP contribution < -0.4 is 15.8 Å². The van der Waals surface area contributed by atoms with E-state index in [0.717, 1.165) is 38.8 Å². The summed E-state index contributed by atoms with van der Waals surface area (Å²) in [6, 6.07) is 4.82. The van der Waals surface area contributed by atoms with Crippen molar-refractivity contribution in [2.75, 3.05) is 26.2 Å². The standard InChI is InChI=1S/C15H26N4O4S/c16-10-4-2-1-3-5-11-17-12-13-18-24(22,23)15-8-6-14(7-9-15)19(20)21/h6-9,17-18H,1-5,10-13,16H2. The largest absolute Gasteiger partial charge is 0.330 e. The predicted molar refractivity (Wildman–Crippen MR) is 93.3 cm³/mol. The first-order valence-corrected chi connectivity index (χ1v) is 9.60. The van der Waals surface area contributed by atoms with Gasteiger partial charge in [-0.15, -0.1) is 0 Å². The molecule has 0 aliphatic carbocycles. The van der Waals surface area contributed by atoms with Gasteiger partial charge in [-0.25, -0.2) is 13.1 Å². The molecule has 0 aliphatic rings. The van der Waals surface area contributed by atoms with Gasteiger partial charge in [0, 0.05) is 25.2 Å². The SMILES string of the molecule is NCCCCCCCNCCNS(=O)(=O)c1ccc([N+](=O)[O-])cc1. The van der Waals surface area contributed by atoms with Crippen LogP contribution in [0.4, 0.5) is 5.69 Å². The lowest BCUT2D eigenvalue weighted by molar-refractivity contribution is -0.384. The zero-order chi connectivity index (χ0) is 17.8. The van der Waals surface area contributed by atoms with Crippen LogP contribution in [0.2, 0.25) is 0 Å². The first kappa shape index (κ1) is 20.5. The molecule has 0 saturated heterocycles. The first-order valence-electron chi connectivity index (χ1n) is 8.12. The van der Waals surface area contributed by atoms with E-state index < -0.39 is 14.9 Å². The second-order valence-electron chi connectivity index (χ2n) is 5.46. The highest BCUT2D eigenvalue weighted by atomic mass is 32.2. The maximum absolute atomic E-state index is 12.0. The van der Waals surface area contributed by atoms with Gasteiger partial charge in [-0.1, -0.05) is 19.3 Å². The zero-order valence-electron chi connectivity index (χ0n) is 13.7. The summed E-state index contributed by atoms with van der Waals surface area (Å²) in [6.45, 7) is 2.40. The van der Waals surface area contributed by atoms with Crippen molar-refractivity contribution in [3.8, 4) is 0 Å². The maximum Gasteiger partial charge on any atom is 0.269 e. The first-order chi connectivity index (χ1) is 11.5. The quantitative estimate of drug-likeness (QED) is 0.278. The Morgan fingerprint density at radius 2 is 1.58 bits per heavy atom. The fourth-order valence-corrected chi connectivity index (χ4v) is 3.19. The molecule has 0 radical (unpaired) electrons. The molecular formula is C15H26N4O4S. The Balaban J connectivity index is 2.20. The Morgan fingerprint density at radius 1 is 0.958 bits per heavy atom. The number of nitrogens with zero attached hydrogens (tertiary/aromatic N) is 1. The minimum Gasteiger partial charge on any atom is -0.330 e. The Kier molecular flexibility index (Phi) is 9.46. The summed E-state index contributed by atoms with van der Waals surface area (Å²) in [4.78, 5) is 10.0. The second-order valence-corrected chi connectivity index (χ2v) is 7.22. The summed E-state index contributed by atoms with van der Waals surface area (Å²) in [5.41, 5.74) is 5.29. The minimum atomic E-state index is -3.63.